The fourth-order valence-electron chi connectivity index (χ4n) is 0.625. The minimum Gasteiger partial charge on any atom is -0.477 e. The van der Waals surface area contributed by atoms with Gasteiger partial charge in [0, 0.05) is 12.1 Å². The standard InChI is InChI=1S/C6H4ClNO3/c7-5-2-3(9)1-4(8-5)6(10)11/h1-2H,(H,8,9)(H,10,11). The van der Waals surface area contributed by atoms with E-state index in [-0.39, 0.29) is 10.8 Å². The minimum atomic E-state index is -1.20. The summed E-state index contributed by atoms with van der Waals surface area (Å²) in [5, 5.41) is 8.43. The van der Waals surface area contributed by atoms with Crippen LogP contribution in [0.3, 0.4) is 0 Å². The molecule has 0 fully saturated rings. The Balaban J connectivity index is 3.30. The molecule has 0 radical (unpaired) electrons. The van der Waals surface area contributed by atoms with Crippen molar-refractivity contribution in [2.75, 3.05) is 0 Å². The molecule has 2 N–H and O–H groups in total. The van der Waals surface area contributed by atoms with Gasteiger partial charge in [-0.05, 0) is 0 Å². The van der Waals surface area contributed by atoms with Crippen molar-refractivity contribution in [2.45, 2.75) is 0 Å². The Hall–Kier alpha value is -1.29. The molecule has 0 atom stereocenters. The highest BCUT2D eigenvalue weighted by Crippen LogP contribution is 2.00. The van der Waals surface area contributed by atoms with Crippen LogP contribution in [-0.2, 0) is 0 Å². The van der Waals surface area contributed by atoms with Gasteiger partial charge in [-0.3, -0.25) is 4.79 Å². The zero-order valence-corrected chi connectivity index (χ0v) is 6.05. The van der Waals surface area contributed by atoms with Gasteiger partial charge in [0.05, 0.1) is 0 Å². The summed E-state index contributed by atoms with van der Waals surface area (Å²) in [5.74, 6) is -1.20. The van der Waals surface area contributed by atoms with Gasteiger partial charge < -0.3 is 10.1 Å². The lowest BCUT2D eigenvalue weighted by atomic mass is 10.3. The number of aromatic nitrogens is 1. The number of H-pyrrole nitrogens is 1. The van der Waals surface area contributed by atoms with Crippen LogP contribution in [0, 0.1) is 0 Å². The number of aromatic carboxylic acids is 1. The number of carboxylic acid groups (broad SMARTS) is 1. The number of nitrogens with one attached hydrogen (secondary N) is 1. The number of carbonyl (C=O) groups is 1. The van der Waals surface area contributed by atoms with E-state index in [0.29, 0.717) is 0 Å². The van der Waals surface area contributed by atoms with Crippen molar-refractivity contribution in [1.82, 2.24) is 4.98 Å². The van der Waals surface area contributed by atoms with Gasteiger partial charge in [-0.15, -0.1) is 0 Å². The van der Waals surface area contributed by atoms with Gasteiger partial charge in [0.1, 0.15) is 10.8 Å². The van der Waals surface area contributed by atoms with E-state index in [0.717, 1.165) is 12.1 Å². The van der Waals surface area contributed by atoms with Crippen molar-refractivity contribution in [1.29, 1.82) is 0 Å². The molecule has 0 unspecified atom stereocenters. The number of hydrogen-bond acceptors (Lipinski definition) is 2. The number of halogens is 1. The molecule has 1 heterocycles. The minimum absolute atomic E-state index is 0.0231. The van der Waals surface area contributed by atoms with Gasteiger partial charge in [0.25, 0.3) is 0 Å². The van der Waals surface area contributed by atoms with E-state index in [1.165, 1.54) is 0 Å². The van der Waals surface area contributed by atoms with Crippen LogP contribution in [0.2, 0.25) is 5.15 Å². The van der Waals surface area contributed by atoms with Gasteiger partial charge in [0.2, 0.25) is 0 Å². The van der Waals surface area contributed by atoms with E-state index in [1.54, 1.807) is 0 Å². The first-order valence-electron chi connectivity index (χ1n) is 2.73. The highest BCUT2D eigenvalue weighted by molar-refractivity contribution is 6.29. The van der Waals surface area contributed by atoms with Gasteiger partial charge in [-0.25, -0.2) is 4.79 Å². The molecule has 0 saturated carbocycles. The molecule has 0 bridgehead atoms. The van der Waals surface area contributed by atoms with E-state index in [1.807, 2.05) is 0 Å². The number of carboxylic acids is 1. The average molecular weight is 174 g/mol. The Morgan fingerprint density at radius 2 is 2.18 bits per heavy atom. The van der Waals surface area contributed by atoms with Gasteiger partial charge in [-0.1, -0.05) is 11.6 Å². The number of aromatic amines is 1. The van der Waals surface area contributed by atoms with Gasteiger partial charge in [0.15, 0.2) is 5.43 Å². The summed E-state index contributed by atoms with van der Waals surface area (Å²) >= 11 is 5.38. The maximum absolute atomic E-state index is 10.6. The van der Waals surface area contributed by atoms with Crippen LogP contribution < -0.4 is 5.43 Å². The van der Waals surface area contributed by atoms with Crippen molar-refractivity contribution in [3.63, 3.8) is 0 Å². The van der Waals surface area contributed by atoms with E-state index in [9.17, 15) is 9.59 Å². The van der Waals surface area contributed by atoms with Crippen LogP contribution in [0.5, 0.6) is 0 Å². The Bertz CT molecular complexity index is 344. The molecule has 0 aliphatic carbocycles. The lowest BCUT2D eigenvalue weighted by Crippen LogP contribution is -2.07. The van der Waals surface area contributed by atoms with Crippen molar-refractivity contribution >= 4 is 17.6 Å². The van der Waals surface area contributed by atoms with Crippen LogP contribution in [0.15, 0.2) is 16.9 Å². The smallest absolute Gasteiger partial charge is 0.352 e. The Labute approximate surface area is 66.4 Å². The molecule has 4 nitrogen and oxygen atoms in total. The normalized spacial score (nSPS) is 9.55. The Morgan fingerprint density at radius 1 is 1.55 bits per heavy atom. The molecule has 0 saturated heterocycles. The Kier molecular flexibility index (Phi) is 1.96. The predicted molar refractivity (Wildman–Crippen MR) is 39.0 cm³/mol. The summed E-state index contributed by atoms with van der Waals surface area (Å²) in [4.78, 5) is 23.2. The Morgan fingerprint density at radius 3 is 2.64 bits per heavy atom. The predicted octanol–water partition coefficient (Wildman–Crippen LogP) is 0.726. The molecule has 0 aromatic carbocycles. The molecular weight excluding hydrogens is 170 g/mol. The molecular formula is C6H4ClNO3. The first-order chi connectivity index (χ1) is 5.09. The van der Waals surface area contributed by atoms with Crippen LogP contribution in [0.4, 0.5) is 0 Å². The topological polar surface area (TPSA) is 70.2 Å². The zero-order chi connectivity index (χ0) is 8.43. The molecule has 0 aliphatic rings. The lowest BCUT2D eigenvalue weighted by Gasteiger charge is -1.93. The quantitative estimate of drug-likeness (QED) is 0.615. The lowest BCUT2D eigenvalue weighted by molar-refractivity contribution is 0.0690. The number of pyridine rings is 1. The fourth-order valence-corrected chi connectivity index (χ4v) is 0.834. The maximum Gasteiger partial charge on any atom is 0.352 e. The molecule has 1 rings (SSSR count). The van der Waals surface area contributed by atoms with Gasteiger partial charge >= 0.3 is 5.97 Å². The second-order valence-corrected chi connectivity index (χ2v) is 2.29. The van der Waals surface area contributed by atoms with Crippen molar-refractivity contribution in [2.24, 2.45) is 0 Å². The third-order valence-electron chi connectivity index (χ3n) is 1.04. The summed E-state index contributed by atoms with van der Waals surface area (Å²) in [6.07, 6.45) is 0. The number of rotatable bonds is 1. The summed E-state index contributed by atoms with van der Waals surface area (Å²) in [6.45, 7) is 0. The largest absolute Gasteiger partial charge is 0.477 e. The van der Waals surface area contributed by atoms with Crippen LogP contribution in [-0.4, -0.2) is 16.1 Å². The highest BCUT2D eigenvalue weighted by atomic mass is 35.5. The monoisotopic (exact) mass is 173 g/mol. The van der Waals surface area contributed by atoms with Gasteiger partial charge in [-0.2, -0.15) is 0 Å². The van der Waals surface area contributed by atoms with Crippen molar-refractivity contribution < 1.29 is 9.90 Å². The zero-order valence-electron chi connectivity index (χ0n) is 5.30. The summed E-state index contributed by atoms with van der Waals surface area (Å²) in [6, 6.07) is 2.07. The van der Waals surface area contributed by atoms with Crippen LogP contribution in [0.1, 0.15) is 10.5 Å². The van der Waals surface area contributed by atoms with E-state index >= 15 is 0 Å². The molecule has 58 valence electrons. The van der Waals surface area contributed by atoms with Crippen molar-refractivity contribution in [3.05, 3.63) is 33.2 Å². The maximum atomic E-state index is 10.6. The molecule has 1 aromatic rings. The second kappa shape index (κ2) is 2.75. The van der Waals surface area contributed by atoms with E-state index in [4.69, 9.17) is 16.7 Å². The first-order valence-corrected chi connectivity index (χ1v) is 3.10. The third-order valence-corrected chi connectivity index (χ3v) is 1.24. The summed E-state index contributed by atoms with van der Waals surface area (Å²) < 4.78 is 0. The van der Waals surface area contributed by atoms with E-state index < -0.39 is 11.4 Å². The van der Waals surface area contributed by atoms with Crippen LogP contribution in [0.25, 0.3) is 0 Å². The van der Waals surface area contributed by atoms with Crippen LogP contribution >= 0.6 is 11.6 Å². The SMILES string of the molecule is O=C(O)c1cc(=O)cc(Cl)[nH]1. The third kappa shape index (κ3) is 1.81. The molecule has 1 aromatic heterocycles. The number of hydrogen-bond donors (Lipinski definition) is 2. The molecule has 0 amide bonds. The molecule has 11 heavy (non-hydrogen) atoms. The summed E-state index contributed by atoms with van der Waals surface area (Å²) in [7, 11) is 0. The first kappa shape index (κ1) is 7.81. The van der Waals surface area contributed by atoms with E-state index in [2.05, 4.69) is 4.98 Å². The fraction of sp³-hybridized carbons (Fsp3) is 0. The molecule has 0 aliphatic heterocycles. The second-order valence-electron chi connectivity index (χ2n) is 1.88. The molecule has 0 spiro atoms. The molecule has 5 heteroatoms. The van der Waals surface area contributed by atoms with Crippen molar-refractivity contribution in [3.8, 4) is 0 Å². The average Bonchev–Trinajstić information content (AvgIpc) is 1.85. The highest BCUT2D eigenvalue weighted by Gasteiger charge is 2.03. The summed E-state index contributed by atoms with van der Waals surface area (Å²) in [5.41, 5.74) is -0.631.